The Balaban J connectivity index is 1.31. The van der Waals surface area contributed by atoms with E-state index in [1.807, 2.05) is 42.5 Å². The second-order valence-electron chi connectivity index (χ2n) is 8.82. The molecule has 34 heavy (non-hydrogen) atoms. The van der Waals surface area contributed by atoms with Crippen molar-refractivity contribution >= 4 is 15.7 Å². The molecule has 0 saturated carbocycles. The van der Waals surface area contributed by atoms with E-state index in [9.17, 15) is 13.2 Å². The molecule has 3 aromatic rings. The number of hydrogen-bond donors (Lipinski definition) is 1. The lowest BCUT2D eigenvalue weighted by molar-refractivity contribution is -0.118. The highest BCUT2D eigenvalue weighted by atomic mass is 32.2. The van der Waals surface area contributed by atoms with Crippen LogP contribution in [0.25, 0.3) is 11.5 Å². The highest BCUT2D eigenvalue weighted by Crippen LogP contribution is 2.24. The minimum atomic E-state index is -3.68. The Morgan fingerprint density at radius 1 is 1.03 bits per heavy atom. The number of nitrogens with one attached hydrogen (secondary N) is 1. The normalized spacial score (nSPS) is 14.4. The van der Waals surface area contributed by atoms with Gasteiger partial charge < -0.3 is 9.73 Å². The minimum absolute atomic E-state index is 0.332. The van der Waals surface area contributed by atoms with Crippen molar-refractivity contribution in [3.8, 4) is 11.5 Å². The van der Waals surface area contributed by atoms with Crippen molar-refractivity contribution in [1.82, 2.24) is 15.2 Å². The summed E-state index contributed by atoms with van der Waals surface area (Å²) in [5, 5.41) is 2.68. The number of aromatic nitrogens is 1. The molecule has 0 unspecified atom stereocenters. The Bertz CT molecular complexity index is 1200. The summed E-state index contributed by atoms with van der Waals surface area (Å²) in [5.41, 5.74) is 3.46. The molecule has 1 aliphatic heterocycles. The molecule has 1 fully saturated rings. The van der Waals surface area contributed by atoms with E-state index in [0.717, 1.165) is 30.8 Å². The summed E-state index contributed by atoms with van der Waals surface area (Å²) in [4.78, 5) is 19.0. The van der Waals surface area contributed by atoms with Crippen molar-refractivity contribution in [3.05, 3.63) is 77.2 Å². The van der Waals surface area contributed by atoms with Crippen LogP contribution in [0.3, 0.4) is 0 Å². The zero-order valence-corrected chi connectivity index (χ0v) is 20.3. The van der Waals surface area contributed by atoms with Gasteiger partial charge in [0.05, 0.1) is 11.4 Å². The number of rotatable bonds is 10. The van der Waals surface area contributed by atoms with E-state index >= 15 is 0 Å². The monoisotopic (exact) mass is 481 g/mol. The van der Waals surface area contributed by atoms with Gasteiger partial charge in [-0.15, -0.1) is 0 Å². The number of carbonyl (C=O) groups excluding carboxylic acids is 1. The first kappa shape index (κ1) is 24.2. The molecule has 1 N–H and O–H groups in total. The molecule has 0 bridgehead atoms. The number of benzene rings is 2. The van der Waals surface area contributed by atoms with E-state index in [-0.39, 0.29) is 5.75 Å². The molecule has 180 valence electrons. The van der Waals surface area contributed by atoms with Crippen LogP contribution in [0, 0.1) is 6.92 Å². The fourth-order valence-electron chi connectivity index (χ4n) is 4.14. The molecule has 0 atom stereocenters. The highest BCUT2D eigenvalue weighted by molar-refractivity contribution is 7.91. The van der Waals surface area contributed by atoms with E-state index in [1.54, 1.807) is 6.92 Å². The summed E-state index contributed by atoms with van der Waals surface area (Å²) < 4.78 is 31.0. The van der Waals surface area contributed by atoms with Crippen molar-refractivity contribution in [2.75, 3.05) is 25.4 Å². The average molecular weight is 482 g/mol. The predicted octanol–water partition coefficient (Wildman–Crippen LogP) is 3.52. The van der Waals surface area contributed by atoms with Crippen LogP contribution in [-0.4, -0.2) is 49.6 Å². The van der Waals surface area contributed by atoms with Crippen molar-refractivity contribution < 1.29 is 17.6 Å². The van der Waals surface area contributed by atoms with Crippen molar-refractivity contribution in [2.45, 2.75) is 38.5 Å². The van der Waals surface area contributed by atoms with Crippen LogP contribution in [0.1, 0.15) is 35.4 Å². The largest absolute Gasteiger partial charge is 0.441 e. The van der Waals surface area contributed by atoms with Crippen LogP contribution in [0.4, 0.5) is 0 Å². The summed E-state index contributed by atoms with van der Waals surface area (Å²) in [6.45, 7) is 5.30. The lowest BCUT2D eigenvalue weighted by Crippen LogP contribution is -2.32. The van der Waals surface area contributed by atoms with Gasteiger partial charge in [0, 0.05) is 18.7 Å². The third kappa shape index (κ3) is 6.77. The van der Waals surface area contributed by atoms with Crippen LogP contribution < -0.4 is 5.32 Å². The van der Waals surface area contributed by atoms with Gasteiger partial charge in [-0.1, -0.05) is 42.5 Å². The molecule has 1 amide bonds. The molecule has 0 aliphatic carbocycles. The fraction of sp³-hybridized carbons (Fsp3) is 0.385. The topological polar surface area (TPSA) is 92.5 Å². The average Bonchev–Trinajstić information content (AvgIpc) is 3.44. The second-order valence-corrected chi connectivity index (χ2v) is 10.9. The Morgan fingerprint density at radius 3 is 2.44 bits per heavy atom. The third-order valence-electron chi connectivity index (χ3n) is 5.98. The fourth-order valence-corrected chi connectivity index (χ4v) is 5.43. The van der Waals surface area contributed by atoms with E-state index in [0.29, 0.717) is 30.3 Å². The molecular weight excluding hydrogens is 450 g/mol. The summed E-state index contributed by atoms with van der Waals surface area (Å²) in [6, 6.07) is 17.7. The van der Waals surface area contributed by atoms with Gasteiger partial charge in [-0.05, 0) is 62.5 Å². The van der Waals surface area contributed by atoms with Crippen LogP contribution in [0.5, 0.6) is 0 Å². The maximum Gasteiger partial charge on any atom is 0.235 e. The molecule has 1 saturated heterocycles. The molecule has 0 radical (unpaired) electrons. The van der Waals surface area contributed by atoms with Gasteiger partial charge in [0.2, 0.25) is 11.8 Å². The Morgan fingerprint density at radius 2 is 1.74 bits per heavy atom. The van der Waals surface area contributed by atoms with E-state index in [1.165, 1.54) is 18.4 Å². The minimum Gasteiger partial charge on any atom is -0.441 e. The molecule has 1 aromatic heterocycles. The zero-order valence-electron chi connectivity index (χ0n) is 19.5. The molecule has 0 spiro atoms. The number of carbonyl (C=O) groups is 1. The molecule has 4 rings (SSSR count). The summed E-state index contributed by atoms with van der Waals surface area (Å²) in [5.74, 6) is -0.575. The number of aryl methyl sites for hydroxylation is 1. The van der Waals surface area contributed by atoms with Gasteiger partial charge >= 0.3 is 0 Å². The van der Waals surface area contributed by atoms with E-state index in [4.69, 9.17) is 4.42 Å². The van der Waals surface area contributed by atoms with Gasteiger partial charge in [0.1, 0.15) is 11.5 Å². The lowest BCUT2D eigenvalue weighted by Gasteiger charge is -2.14. The Labute approximate surface area is 201 Å². The molecule has 1 aliphatic rings. The van der Waals surface area contributed by atoms with Crippen molar-refractivity contribution in [2.24, 2.45) is 0 Å². The van der Waals surface area contributed by atoms with E-state index in [2.05, 4.69) is 27.3 Å². The number of likely N-dealkylation sites (tertiary alicyclic amines) is 1. The predicted molar refractivity (Wildman–Crippen MR) is 132 cm³/mol. The first-order valence-corrected chi connectivity index (χ1v) is 13.5. The Kier molecular flexibility index (Phi) is 7.80. The van der Waals surface area contributed by atoms with Gasteiger partial charge in [0.25, 0.3) is 0 Å². The molecule has 7 nitrogen and oxygen atoms in total. The summed E-state index contributed by atoms with van der Waals surface area (Å²) in [6.07, 6.45) is 3.17. The van der Waals surface area contributed by atoms with Crippen LogP contribution in [-0.2, 0) is 33.4 Å². The first-order chi connectivity index (χ1) is 16.4. The molecule has 2 aromatic carbocycles. The number of hydrogen-bond acceptors (Lipinski definition) is 6. The standard InChI is InChI=1S/C26H31N3O4S/c1-20-24(18-34(31,32)19-25(30)27-14-13-21-7-3-2-4-8-21)28-26(33-20)23-11-9-22(10-12-23)17-29-15-5-6-16-29/h2-4,7-12H,5-6,13-19H2,1H3,(H,27,30). The van der Waals surface area contributed by atoms with Crippen molar-refractivity contribution in [3.63, 3.8) is 0 Å². The van der Waals surface area contributed by atoms with Crippen LogP contribution in [0.15, 0.2) is 59.0 Å². The Hall–Kier alpha value is -2.97. The van der Waals surface area contributed by atoms with Gasteiger partial charge in [-0.2, -0.15) is 0 Å². The summed E-state index contributed by atoms with van der Waals surface area (Å²) in [7, 11) is -3.68. The van der Waals surface area contributed by atoms with Gasteiger partial charge in [0.15, 0.2) is 9.84 Å². The quantitative estimate of drug-likeness (QED) is 0.476. The number of nitrogens with zero attached hydrogens (tertiary/aromatic N) is 2. The first-order valence-electron chi connectivity index (χ1n) is 11.7. The third-order valence-corrected chi connectivity index (χ3v) is 7.40. The SMILES string of the molecule is Cc1oc(-c2ccc(CN3CCCC3)cc2)nc1CS(=O)(=O)CC(=O)NCCc1ccccc1. The maximum atomic E-state index is 12.6. The van der Waals surface area contributed by atoms with Crippen LogP contribution in [0.2, 0.25) is 0 Å². The number of sulfone groups is 1. The smallest absolute Gasteiger partial charge is 0.235 e. The molecular formula is C26H31N3O4S. The van der Waals surface area contributed by atoms with Crippen molar-refractivity contribution in [1.29, 1.82) is 0 Å². The van der Waals surface area contributed by atoms with Gasteiger partial charge in [-0.3, -0.25) is 9.69 Å². The highest BCUT2D eigenvalue weighted by Gasteiger charge is 2.22. The zero-order chi connectivity index (χ0) is 24.0. The molecule has 8 heteroatoms. The second kappa shape index (κ2) is 11.0. The summed E-state index contributed by atoms with van der Waals surface area (Å²) >= 11 is 0. The van der Waals surface area contributed by atoms with Crippen LogP contribution >= 0.6 is 0 Å². The number of oxazole rings is 1. The van der Waals surface area contributed by atoms with E-state index < -0.39 is 21.5 Å². The molecule has 2 heterocycles. The number of amides is 1. The lowest BCUT2D eigenvalue weighted by atomic mass is 10.1. The van der Waals surface area contributed by atoms with Gasteiger partial charge in [-0.25, -0.2) is 13.4 Å². The maximum absolute atomic E-state index is 12.6.